The van der Waals surface area contributed by atoms with Crippen LogP contribution in [-0.2, 0) is 4.79 Å². The third kappa shape index (κ3) is 3.20. The van der Waals surface area contributed by atoms with Gasteiger partial charge in [0.1, 0.15) is 11.8 Å². The fourth-order valence-corrected chi connectivity index (χ4v) is 1.02. The molecule has 0 bridgehead atoms. The minimum atomic E-state index is -0.0800. The maximum Gasteiger partial charge on any atom is 0.241 e. The Balaban J connectivity index is 2.71. The second-order valence-corrected chi connectivity index (χ2v) is 3.47. The summed E-state index contributed by atoms with van der Waals surface area (Å²) >= 11 is 0. The monoisotopic (exact) mass is 219 g/mol. The van der Waals surface area contributed by atoms with Gasteiger partial charge in [0, 0.05) is 19.8 Å². The number of nitrogens with zero attached hydrogens (tertiary/aromatic N) is 4. The molecular formula is C10H13N5O. The molecule has 0 fully saturated rings. The summed E-state index contributed by atoms with van der Waals surface area (Å²) < 4.78 is 0. The molecule has 1 aromatic heterocycles. The van der Waals surface area contributed by atoms with Crippen molar-refractivity contribution in [3.05, 3.63) is 17.5 Å². The van der Waals surface area contributed by atoms with E-state index in [0.717, 1.165) is 0 Å². The molecule has 0 radical (unpaired) electrons. The summed E-state index contributed by atoms with van der Waals surface area (Å²) in [6, 6.07) is 3.51. The summed E-state index contributed by atoms with van der Waals surface area (Å²) in [5.41, 5.74) is 0.971. The maximum atomic E-state index is 11.3. The van der Waals surface area contributed by atoms with Crippen molar-refractivity contribution in [3.8, 4) is 6.07 Å². The van der Waals surface area contributed by atoms with E-state index in [2.05, 4.69) is 15.3 Å². The lowest BCUT2D eigenvalue weighted by molar-refractivity contribution is -0.126. The number of nitrogens with one attached hydrogen (secondary N) is 1. The Bertz CT molecular complexity index is 435. The van der Waals surface area contributed by atoms with Crippen LogP contribution >= 0.6 is 0 Å². The Hall–Kier alpha value is -2.16. The molecule has 1 rings (SSSR count). The Morgan fingerprint density at radius 1 is 1.56 bits per heavy atom. The summed E-state index contributed by atoms with van der Waals surface area (Å²) in [6.07, 6.45) is 0. The second kappa shape index (κ2) is 5.07. The average Bonchev–Trinajstić information content (AvgIpc) is 2.24. The van der Waals surface area contributed by atoms with Gasteiger partial charge in [-0.05, 0) is 13.0 Å². The van der Waals surface area contributed by atoms with Crippen molar-refractivity contribution >= 4 is 11.9 Å². The lowest BCUT2D eigenvalue weighted by atomic mass is 10.3. The van der Waals surface area contributed by atoms with Gasteiger partial charge in [-0.3, -0.25) is 4.79 Å². The zero-order chi connectivity index (χ0) is 12.1. The van der Waals surface area contributed by atoms with Crippen LogP contribution in [0.25, 0.3) is 0 Å². The molecule has 0 saturated heterocycles. The van der Waals surface area contributed by atoms with Crippen LogP contribution < -0.4 is 5.32 Å². The lowest BCUT2D eigenvalue weighted by Gasteiger charge is -2.10. The second-order valence-electron chi connectivity index (χ2n) is 3.47. The first kappa shape index (κ1) is 11.9. The zero-order valence-corrected chi connectivity index (χ0v) is 9.48. The van der Waals surface area contributed by atoms with Crippen molar-refractivity contribution in [1.82, 2.24) is 14.9 Å². The predicted octanol–water partition coefficient (Wildman–Crippen LogP) is 0.157. The number of aryl methyl sites for hydroxylation is 1. The fraction of sp³-hybridized carbons (Fsp3) is 0.400. The van der Waals surface area contributed by atoms with Gasteiger partial charge in [-0.25, -0.2) is 9.97 Å². The minimum Gasteiger partial charge on any atom is -0.347 e. The highest BCUT2D eigenvalue weighted by Gasteiger charge is 2.06. The van der Waals surface area contributed by atoms with Crippen LogP contribution in [0.2, 0.25) is 0 Å². The van der Waals surface area contributed by atoms with Gasteiger partial charge in [-0.2, -0.15) is 5.26 Å². The molecular weight excluding hydrogens is 206 g/mol. The highest BCUT2D eigenvalue weighted by Crippen LogP contribution is 2.03. The first-order valence-corrected chi connectivity index (χ1v) is 4.72. The molecule has 1 N–H and O–H groups in total. The van der Waals surface area contributed by atoms with Crippen molar-refractivity contribution in [2.24, 2.45) is 0 Å². The summed E-state index contributed by atoms with van der Waals surface area (Å²) in [4.78, 5) is 20.8. The molecule has 0 aliphatic carbocycles. The van der Waals surface area contributed by atoms with Crippen LogP contribution in [-0.4, -0.2) is 41.4 Å². The van der Waals surface area contributed by atoms with E-state index < -0.39 is 0 Å². The Labute approximate surface area is 93.9 Å². The molecule has 6 heteroatoms. The van der Waals surface area contributed by atoms with Crippen LogP contribution in [0.5, 0.6) is 0 Å². The quantitative estimate of drug-likeness (QED) is 0.782. The van der Waals surface area contributed by atoms with Crippen LogP contribution in [0.3, 0.4) is 0 Å². The van der Waals surface area contributed by atoms with Crippen molar-refractivity contribution in [2.75, 3.05) is 26.0 Å². The van der Waals surface area contributed by atoms with Gasteiger partial charge in [0.2, 0.25) is 11.9 Å². The van der Waals surface area contributed by atoms with Gasteiger partial charge in [0.15, 0.2) is 0 Å². The van der Waals surface area contributed by atoms with Gasteiger partial charge < -0.3 is 10.2 Å². The van der Waals surface area contributed by atoms with E-state index in [0.29, 0.717) is 11.6 Å². The molecule has 0 aliphatic heterocycles. The van der Waals surface area contributed by atoms with Gasteiger partial charge >= 0.3 is 0 Å². The number of nitriles is 1. The number of rotatable bonds is 3. The molecule has 0 unspecified atom stereocenters. The van der Waals surface area contributed by atoms with Gasteiger partial charge in [0.05, 0.1) is 6.54 Å². The molecule has 1 aromatic rings. The first-order valence-electron chi connectivity index (χ1n) is 4.72. The van der Waals surface area contributed by atoms with Crippen LogP contribution in [0.15, 0.2) is 6.07 Å². The van der Waals surface area contributed by atoms with E-state index >= 15 is 0 Å². The van der Waals surface area contributed by atoms with E-state index in [1.54, 1.807) is 27.1 Å². The summed E-state index contributed by atoms with van der Waals surface area (Å²) in [5, 5.41) is 11.5. The van der Waals surface area contributed by atoms with Crippen molar-refractivity contribution in [3.63, 3.8) is 0 Å². The van der Waals surface area contributed by atoms with Crippen molar-refractivity contribution in [2.45, 2.75) is 6.92 Å². The SMILES string of the molecule is Cc1cc(C#N)nc(NCC(=O)N(C)C)n1. The van der Waals surface area contributed by atoms with Crippen molar-refractivity contribution < 1.29 is 4.79 Å². The number of aromatic nitrogens is 2. The zero-order valence-electron chi connectivity index (χ0n) is 9.48. The highest BCUT2D eigenvalue weighted by atomic mass is 16.2. The first-order chi connectivity index (χ1) is 7.52. The van der Waals surface area contributed by atoms with Crippen LogP contribution in [0.4, 0.5) is 5.95 Å². The number of carbonyl (C=O) groups is 1. The van der Waals surface area contributed by atoms with Gasteiger partial charge in [0.25, 0.3) is 0 Å². The molecule has 0 atom stereocenters. The smallest absolute Gasteiger partial charge is 0.241 e. The molecule has 1 amide bonds. The Morgan fingerprint density at radius 2 is 2.25 bits per heavy atom. The number of likely N-dealkylation sites (N-methyl/N-ethyl adjacent to an activating group) is 1. The number of hydrogen-bond acceptors (Lipinski definition) is 5. The van der Waals surface area contributed by atoms with E-state index in [4.69, 9.17) is 5.26 Å². The molecule has 0 aromatic carbocycles. The number of carbonyl (C=O) groups excluding carboxylic acids is 1. The molecule has 0 spiro atoms. The molecule has 6 nitrogen and oxygen atoms in total. The van der Waals surface area contributed by atoms with E-state index in [1.807, 2.05) is 6.07 Å². The lowest BCUT2D eigenvalue weighted by Crippen LogP contribution is -2.29. The van der Waals surface area contributed by atoms with E-state index in [9.17, 15) is 4.79 Å². The normalized spacial score (nSPS) is 9.38. The number of hydrogen-bond donors (Lipinski definition) is 1. The van der Waals surface area contributed by atoms with Crippen LogP contribution in [0, 0.1) is 18.3 Å². The molecule has 84 valence electrons. The van der Waals surface area contributed by atoms with E-state index in [-0.39, 0.29) is 18.1 Å². The molecule has 16 heavy (non-hydrogen) atoms. The average molecular weight is 219 g/mol. The predicted molar refractivity (Wildman–Crippen MR) is 58.7 cm³/mol. The molecule has 0 aliphatic rings. The molecule has 0 saturated carbocycles. The fourth-order valence-electron chi connectivity index (χ4n) is 1.02. The highest BCUT2D eigenvalue weighted by molar-refractivity contribution is 5.79. The van der Waals surface area contributed by atoms with Gasteiger partial charge in [-0.15, -0.1) is 0 Å². The third-order valence-corrected chi connectivity index (χ3v) is 1.87. The Morgan fingerprint density at radius 3 is 2.81 bits per heavy atom. The molecule has 1 heterocycles. The minimum absolute atomic E-state index is 0.0800. The van der Waals surface area contributed by atoms with Gasteiger partial charge in [-0.1, -0.05) is 0 Å². The maximum absolute atomic E-state index is 11.3. The third-order valence-electron chi connectivity index (χ3n) is 1.87. The number of amides is 1. The topological polar surface area (TPSA) is 81.9 Å². The van der Waals surface area contributed by atoms with E-state index in [1.165, 1.54) is 4.90 Å². The summed E-state index contributed by atoms with van der Waals surface area (Å²) in [7, 11) is 3.34. The summed E-state index contributed by atoms with van der Waals surface area (Å²) in [6.45, 7) is 1.88. The number of anilines is 1. The largest absolute Gasteiger partial charge is 0.347 e. The summed E-state index contributed by atoms with van der Waals surface area (Å²) in [5.74, 6) is 0.218. The van der Waals surface area contributed by atoms with Crippen molar-refractivity contribution in [1.29, 1.82) is 5.26 Å². The van der Waals surface area contributed by atoms with Crippen LogP contribution in [0.1, 0.15) is 11.4 Å². The Kier molecular flexibility index (Phi) is 3.78. The standard InChI is InChI=1S/C10H13N5O/c1-7-4-8(5-11)14-10(13-7)12-6-9(16)15(2)3/h4H,6H2,1-3H3,(H,12,13,14).